The fraction of sp³-hybridized carbons (Fsp3) is 0.432. The Balaban J connectivity index is 1.49. The number of nitrogens with zero attached hydrogens (tertiary/aromatic N) is 1. The number of benzene rings is 3. The quantitative estimate of drug-likeness (QED) is 0.273. The van der Waals surface area contributed by atoms with Crippen LogP contribution in [-0.4, -0.2) is 31.6 Å². The second-order valence-corrected chi connectivity index (χ2v) is 15.6. The molecule has 3 aromatic carbocycles. The van der Waals surface area contributed by atoms with E-state index in [-0.39, 0.29) is 27.9 Å². The first-order valence-electron chi connectivity index (χ1n) is 15.7. The largest absolute Gasteiger partial charge is 0.512 e. The van der Waals surface area contributed by atoms with Gasteiger partial charge in [-0.2, -0.15) is 0 Å². The lowest BCUT2D eigenvalue weighted by Gasteiger charge is -2.43. The van der Waals surface area contributed by atoms with Crippen molar-refractivity contribution in [2.45, 2.75) is 89.7 Å². The summed E-state index contributed by atoms with van der Waals surface area (Å²) in [7, 11) is -4.05. The summed E-state index contributed by atoms with van der Waals surface area (Å²) < 4.78 is 37.5. The lowest BCUT2D eigenvalue weighted by molar-refractivity contribution is -0.153. The SMILES string of the molecule is Cc1cc(C)cc(N([C@@H]2[C@H]3CC[C@@](C)([C@@H]2OC(=O)C2=C(O)CCC[C@@H]2c2ccccc2)C3(C)C)S(=O)(=O)c2ccccc2)c1. The molecular formula is C37H43NO5S. The van der Waals surface area contributed by atoms with Gasteiger partial charge < -0.3 is 9.84 Å². The van der Waals surface area contributed by atoms with Gasteiger partial charge in [-0.05, 0) is 91.8 Å². The molecule has 0 saturated heterocycles. The summed E-state index contributed by atoms with van der Waals surface area (Å²) in [6.07, 6.45) is 2.85. The highest BCUT2D eigenvalue weighted by atomic mass is 32.2. The number of allylic oxidation sites excluding steroid dienone is 1. The number of rotatable bonds is 7. The first kappa shape index (κ1) is 30.4. The van der Waals surface area contributed by atoms with Gasteiger partial charge in [0.25, 0.3) is 10.0 Å². The fourth-order valence-electron chi connectivity index (χ4n) is 8.41. The Morgan fingerprint density at radius 3 is 2.16 bits per heavy atom. The van der Waals surface area contributed by atoms with E-state index in [1.165, 1.54) is 0 Å². The van der Waals surface area contributed by atoms with Crippen molar-refractivity contribution in [3.63, 3.8) is 0 Å². The molecule has 232 valence electrons. The third-order valence-corrected chi connectivity index (χ3v) is 12.8. The molecule has 0 aliphatic heterocycles. The number of aliphatic hydroxyl groups is 1. The Labute approximate surface area is 261 Å². The predicted octanol–water partition coefficient (Wildman–Crippen LogP) is 8.02. The molecular weight excluding hydrogens is 570 g/mol. The molecule has 0 amide bonds. The highest BCUT2D eigenvalue weighted by molar-refractivity contribution is 7.92. The maximum Gasteiger partial charge on any atom is 0.338 e. The van der Waals surface area contributed by atoms with Crippen LogP contribution in [0.15, 0.2) is 95.1 Å². The molecule has 7 heteroatoms. The monoisotopic (exact) mass is 613 g/mol. The van der Waals surface area contributed by atoms with E-state index in [0.29, 0.717) is 17.7 Å². The Morgan fingerprint density at radius 1 is 0.909 bits per heavy atom. The van der Waals surface area contributed by atoms with Gasteiger partial charge in [0.15, 0.2) is 0 Å². The molecule has 0 unspecified atom stereocenters. The molecule has 1 N–H and O–H groups in total. The van der Waals surface area contributed by atoms with Crippen molar-refractivity contribution < 1.29 is 23.1 Å². The van der Waals surface area contributed by atoms with Gasteiger partial charge in [0, 0.05) is 17.8 Å². The molecule has 3 aliphatic carbocycles. The van der Waals surface area contributed by atoms with Gasteiger partial charge in [0.05, 0.1) is 22.2 Å². The molecule has 2 bridgehead atoms. The van der Waals surface area contributed by atoms with E-state index in [9.17, 15) is 18.3 Å². The van der Waals surface area contributed by atoms with E-state index in [4.69, 9.17) is 4.74 Å². The average Bonchev–Trinajstić information content (AvgIpc) is 3.30. The molecule has 6 rings (SSSR count). The van der Waals surface area contributed by atoms with Crippen molar-refractivity contribution in [2.24, 2.45) is 16.7 Å². The lowest BCUT2D eigenvalue weighted by atomic mass is 9.70. The van der Waals surface area contributed by atoms with E-state index in [1.807, 2.05) is 62.4 Å². The van der Waals surface area contributed by atoms with Crippen LogP contribution in [0.1, 0.15) is 75.5 Å². The van der Waals surface area contributed by atoms with Gasteiger partial charge in [0.2, 0.25) is 0 Å². The topological polar surface area (TPSA) is 83.9 Å². The zero-order valence-electron chi connectivity index (χ0n) is 26.3. The predicted molar refractivity (Wildman–Crippen MR) is 173 cm³/mol. The Hall–Kier alpha value is -3.58. The van der Waals surface area contributed by atoms with Crippen LogP contribution in [0.5, 0.6) is 0 Å². The number of anilines is 1. The number of esters is 1. The fourth-order valence-corrected chi connectivity index (χ4v) is 10.1. The smallest absolute Gasteiger partial charge is 0.338 e. The third kappa shape index (κ3) is 4.84. The molecule has 0 heterocycles. The number of sulfonamides is 1. The average molecular weight is 614 g/mol. The number of aliphatic hydroxyl groups excluding tert-OH is 1. The van der Waals surface area contributed by atoms with Crippen LogP contribution in [0.4, 0.5) is 5.69 Å². The molecule has 3 aromatic rings. The molecule has 44 heavy (non-hydrogen) atoms. The summed E-state index contributed by atoms with van der Waals surface area (Å²) in [5.74, 6) is -0.808. The summed E-state index contributed by atoms with van der Waals surface area (Å²) in [5.41, 5.74) is 2.96. The van der Waals surface area contributed by atoms with Gasteiger partial charge in [-0.25, -0.2) is 13.2 Å². The van der Waals surface area contributed by atoms with Crippen LogP contribution in [0.25, 0.3) is 0 Å². The maximum absolute atomic E-state index is 14.7. The standard InChI is InChI=1S/C37H43NO5S/c1-24-21-25(2)23-27(22-24)38(44(41,42)28-15-10-7-11-16-28)33-30-19-20-37(5,36(30,3)4)34(33)43-35(40)32-29(17-12-18-31(32)39)26-13-8-6-9-14-26/h6-11,13-16,21-23,29-30,33-34,39H,12,17-20H2,1-5H3/t29-,30-,33-,34-,37+/m1/s1. The van der Waals surface area contributed by atoms with E-state index in [2.05, 4.69) is 20.8 Å². The number of aryl methyl sites for hydroxylation is 2. The van der Waals surface area contributed by atoms with Crippen LogP contribution in [0.2, 0.25) is 0 Å². The number of hydrogen-bond donors (Lipinski definition) is 1. The van der Waals surface area contributed by atoms with Crippen LogP contribution in [0, 0.1) is 30.6 Å². The summed E-state index contributed by atoms with van der Waals surface area (Å²) in [6.45, 7) is 10.4. The minimum Gasteiger partial charge on any atom is -0.512 e. The van der Waals surface area contributed by atoms with Crippen LogP contribution >= 0.6 is 0 Å². The van der Waals surface area contributed by atoms with E-state index >= 15 is 0 Å². The molecule has 0 aromatic heterocycles. The molecule has 0 radical (unpaired) electrons. The minimum absolute atomic E-state index is 0.0524. The third-order valence-electron chi connectivity index (χ3n) is 11.0. The van der Waals surface area contributed by atoms with E-state index in [1.54, 1.807) is 34.6 Å². The second kappa shape index (κ2) is 11.1. The van der Waals surface area contributed by atoms with Crippen molar-refractivity contribution in [1.29, 1.82) is 0 Å². The van der Waals surface area contributed by atoms with Gasteiger partial charge >= 0.3 is 5.97 Å². The van der Waals surface area contributed by atoms with Crippen LogP contribution < -0.4 is 4.31 Å². The minimum atomic E-state index is -4.05. The number of fused-ring (bicyclic) bond motifs is 2. The van der Waals surface area contributed by atoms with E-state index < -0.39 is 33.6 Å². The molecule has 0 spiro atoms. The number of ether oxygens (including phenoxy) is 1. The first-order valence-corrected chi connectivity index (χ1v) is 17.2. The van der Waals surface area contributed by atoms with Crippen molar-refractivity contribution in [1.82, 2.24) is 0 Å². The Bertz CT molecular complexity index is 1680. The van der Waals surface area contributed by atoms with Gasteiger partial charge in [-0.3, -0.25) is 4.31 Å². The van der Waals surface area contributed by atoms with Gasteiger partial charge in [0.1, 0.15) is 11.9 Å². The van der Waals surface area contributed by atoms with Crippen LogP contribution in [-0.2, 0) is 19.6 Å². The summed E-state index contributed by atoms with van der Waals surface area (Å²) >= 11 is 0. The van der Waals surface area contributed by atoms with Gasteiger partial charge in [-0.15, -0.1) is 0 Å². The van der Waals surface area contributed by atoms with Crippen molar-refractivity contribution in [3.8, 4) is 0 Å². The second-order valence-electron chi connectivity index (χ2n) is 13.8. The number of carbonyl (C=O) groups excluding carboxylic acids is 1. The zero-order chi connectivity index (χ0) is 31.4. The molecule has 5 atom stereocenters. The van der Waals surface area contributed by atoms with Crippen LogP contribution in [0.3, 0.4) is 0 Å². The van der Waals surface area contributed by atoms with Crippen molar-refractivity contribution in [3.05, 3.63) is 107 Å². The zero-order valence-corrected chi connectivity index (χ0v) is 27.1. The summed E-state index contributed by atoms with van der Waals surface area (Å²) in [4.78, 5) is 14.5. The summed E-state index contributed by atoms with van der Waals surface area (Å²) in [6, 6.07) is 23.5. The molecule has 2 fully saturated rings. The normalized spacial score (nSPS) is 27.8. The molecule has 2 saturated carbocycles. The number of carbonyl (C=O) groups is 1. The van der Waals surface area contributed by atoms with Crippen molar-refractivity contribution >= 4 is 21.7 Å². The Morgan fingerprint density at radius 2 is 1.52 bits per heavy atom. The summed E-state index contributed by atoms with van der Waals surface area (Å²) in [5, 5.41) is 11.1. The highest BCUT2D eigenvalue weighted by Gasteiger charge is 2.70. The highest BCUT2D eigenvalue weighted by Crippen LogP contribution is 2.68. The van der Waals surface area contributed by atoms with Gasteiger partial charge in [-0.1, -0.05) is 75.4 Å². The first-order chi connectivity index (χ1) is 20.9. The molecule has 6 nitrogen and oxygen atoms in total. The lowest BCUT2D eigenvalue weighted by Crippen LogP contribution is -2.54. The van der Waals surface area contributed by atoms with Crippen molar-refractivity contribution in [2.75, 3.05) is 4.31 Å². The molecule has 3 aliphatic rings. The maximum atomic E-state index is 14.7. The number of hydrogen-bond acceptors (Lipinski definition) is 5. The van der Waals surface area contributed by atoms with E-state index in [0.717, 1.165) is 42.4 Å². The Kier molecular flexibility index (Phi) is 7.68.